The van der Waals surface area contributed by atoms with Crippen LogP contribution in [0, 0.1) is 0 Å². The Morgan fingerprint density at radius 2 is 1.55 bits per heavy atom. The van der Waals surface area contributed by atoms with Crippen molar-refractivity contribution in [2.75, 3.05) is 0 Å². The van der Waals surface area contributed by atoms with Crippen LogP contribution in [0.15, 0.2) is 90.0 Å². The predicted octanol–water partition coefficient (Wildman–Crippen LogP) is 6.00. The largest absolute Gasteiger partial charge is 0.256 e. The predicted molar refractivity (Wildman–Crippen MR) is 119 cm³/mol. The molecule has 0 bridgehead atoms. The second-order valence-electron chi connectivity index (χ2n) is 7.53. The van der Waals surface area contributed by atoms with Crippen LogP contribution >= 0.6 is 0 Å². The second kappa shape index (κ2) is 7.80. The van der Waals surface area contributed by atoms with E-state index in [4.69, 9.17) is 0 Å². The van der Waals surface area contributed by atoms with Crippen LogP contribution in [0.3, 0.4) is 0 Å². The van der Waals surface area contributed by atoms with Gasteiger partial charge in [-0.3, -0.25) is 4.98 Å². The molecule has 4 aromatic rings. The molecule has 0 amide bonds. The minimum Gasteiger partial charge on any atom is -0.256 e. The summed E-state index contributed by atoms with van der Waals surface area (Å²) in [4.78, 5) is 4.95. The molecule has 0 aliphatic heterocycles. The van der Waals surface area contributed by atoms with E-state index in [2.05, 4.69) is 37.0 Å². The zero-order valence-electron chi connectivity index (χ0n) is 16.5. The SMILES string of the molecule is CC(C)c1cc(-c2ccccc2CS(=O)(=O)c2ccccc2)c2ncccc2c1. The highest BCUT2D eigenvalue weighted by Crippen LogP contribution is 2.34. The van der Waals surface area contributed by atoms with E-state index in [0.717, 1.165) is 27.6 Å². The van der Waals surface area contributed by atoms with Gasteiger partial charge in [0.15, 0.2) is 9.84 Å². The van der Waals surface area contributed by atoms with Crippen LogP contribution in [0.2, 0.25) is 0 Å². The van der Waals surface area contributed by atoms with Gasteiger partial charge in [0.25, 0.3) is 0 Å². The fraction of sp³-hybridized carbons (Fsp3) is 0.160. The molecule has 0 radical (unpaired) electrons. The van der Waals surface area contributed by atoms with Gasteiger partial charge in [0, 0.05) is 17.1 Å². The van der Waals surface area contributed by atoms with Crippen molar-refractivity contribution in [3.05, 3.63) is 96.2 Å². The highest BCUT2D eigenvalue weighted by molar-refractivity contribution is 7.90. The molecule has 0 saturated heterocycles. The summed E-state index contributed by atoms with van der Waals surface area (Å²) in [6.45, 7) is 4.32. The third-order valence-corrected chi connectivity index (χ3v) is 6.83. The number of hydrogen-bond acceptors (Lipinski definition) is 3. The standard InChI is InChI=1S/C25H23NO2S/c1-18(2)21-15-19-10-8-14-26-25(19)24(16-21)23-13-7-6-9-20(23)17-29(27,28)22-11-4-3-5-12-22/h3-16,18H,17H2,1-2H3. The van der Waals surface area contributed by atoms with Crippen LogP contribution < -0.4 is 0 Å². The monoisotopic (exact) mass is 401 g/mol. The van der Waals surface area contributed by atoms with Crippen LogP contribution in [0.5, 0.6) is 0 Å². The van der Waals surface area contributed by atoms with Gasteiger partial charge in [0.05, 0.1) is 16.2 Å². The lowest BCUT2D eigenvalue weighted by Crippen LogP contribution is -2.06. The lowest BCUT2D eigenvalue weighted by molar-refractivity contribution is 0.595. The Morgan fingerprint density at radius 3 is 2.31 bits per heavy atom. The van der Waals surface area contributed by atoms with Crippen molar-refractivity contribution in [2.24, 2.45) is 0 Å². The normalized spacial score (nSPS) is 11.8. The van der Waals surface area contributed by atoms with Crippen LogP contribution in [0.1, 0.15) is 30.9 Å². The Balaban J connectivity index is 1.88. The first-order valence-electron chi connectivity index (χ1n) is 9.70. The van der Waals surface area contributed by atoms with E-state index in [-0.39, 0.29) is 5.75 Å². The molecule has 0 fully saturated rings. The molecule has 3 aromatic carbocycles. The van der Waals surface area contributed by atoms with Crippen LogP contribution in [0.4, 0.5) is 0 Å². The molecule has 4 heteroatoms. The molecule has 0 aliphatic rings. The summed E-state index contributed by atoms with van der Waals surface area (Å²) >= 11 is 0. The van der Waals surface area contributed by atoms with Crippen molar-refractivity contribution in [1.29, 1.82) is 0 Å². The molecule has 0 saturated carbocycles. The van der Waals surface area contributed by atoms with Gasteiger partial charge in [-0.1, -0.05) is 62.4 Å². The van der Waals surface area contributed by atoms with Crippen molar-refractivity contribution in [2.45, 2.75) is 30.4 Å². The first-order chi connectivity index (χ1) is 14.0. The number of nitrogens with zero attached hydrogens (tertiary/aromatic N) is 1. The van der Waals surface area contributed by atoms with Crippen LogP contribution in [-0.4, -0.2) is 13.4 Å². The molecule has 4 rings (SSSR count). The average molecular weight is 402 g/mol. The summed E-state index contributed by atoms with van der Waals surface area (Å²) in [6.07, 6.45) is 1.78. The molecule has 0 unspecified atom stereocenters. The van der Waals surface area contributed by atoms with Gasteiger partial charge < -0.3 is 0 Å². The molecule has 0 aliphatic carbocycles. The van der Waals surface area contributed by atoms with Gasteiger partial charge in [-0.25, -0.2) is 8.42 Å². The van der Waals surface area contributed by atoms with Crippen molar-refractivity contribution >= 4 is 20.7 Å². The molecule has 3 nitrogen and oxygen atoms in total. The highest BCUT2D eigenvalue weighted by Gasteiger charge is 2.19. The minimum absolute atomic E-state index is 0.0482. The minimum atomic E-state index is -3.44. The number of pyridine rings is 1. The third-order valence-electron chi connectivity index (χ3n) is 5.15. The van der Waals surface area contributed by atoms with Gasteiger partial charge in [-0.15, -0.1) is 0 Å². The Labute approximate surface area is 172 Å². The van der Waals surface area contributed by atoms with Crippen LogP contribution in [-0.2, 0) is 15.6 Å². The molecule has 0 atom stereocenters. The van der Waals surface area contributed by atoms with E-state index < -0.39 is 9.84 Å². The molecule has 29 heavy (non-hydrogen) atoms. The molecular formula is C25H23NO2S. The van der Waals surface area contributed by atoms with E-state index >= 15 is 0 Å². The van der Waals surface area contributed by atoms with E-state index in [1.54, 1.807) is 30.5 Å². The van der Waals surface area contributed by atoms with Gasteiger partial charge >= 0.3 is 0 Å². The smallest absolute Gasteiger partial charge is 0.182 e. The number of hydrogen-bond donors (Lipinski definition) is 0. The first kappa shape index (κ1) is 19.3. The molecule has 0 spiro atoms. The highest BCUT2D eigenvalue weighted by atomic mass is 32.2. The zero-order valence-corrected chi connectivity index (χ0v) is 17.4. The topological polar surface area (TPSA) is 47.0 Å². The lowest BCUT2D eigenvalue weighted by atomic mass is 9.92. The molecule has 0 N–H and O–H groups in total. The van der Waals surface area contributed by atoms with Crippen molar-refractivity contribution in [3.8, 4) is 11.1 Å². The summed E-state index contributed by atoms with van der Waals surface area (Å²) in [7, 11) is -3.44. The fourth-order valence-corrected chi connectivity index (χ4v) is 4.98. The third kappa shape index (κ3) is 3.94. The Hall–Kier alpha value is -2.98. The van der Waals surface area contributed by atoms with E-state index in [9.17, 15) is 8.42 Å². The molecule has 1 heterocycles. The van der Waals surface area contributed by atoms with Gasteiger partial charge in [0.1, 0.15) is 0 Å². The molecular weight excluding hydrogens is 378 g/mol. The quantitative estimate of drug-likeness (QED) is 0.412. The summed E-state index contributed by atoms with van der Waals surface area (Å²) in [6, 6.07) is 24.6. The Bertz CT molecular complexity index is 1260. The zero-order chi connectivity index (χ0) is 20.4. The molecule has 146 valence electrons. The van der Waals surface area contributed by atoms with E-state index in [1.165, 1.54) is 5.56 Å². The lowest BCUT2D eigenvalue weighted by Gasteiger charge is -2.15. The van der Waals surface area contributed by atoms with Crippen molar-refractivity contribution in [1.82, 2.24) is 4.98 Å². The van der Waals surface area contributed by atoms with Crippen LogP contribution in [0.25, 0.3) is 22.0 Å². The number of fused-ring (bicyclic) bond motifs is 1. The fourth-order valence-electron chi connectivity index (χ4n) is 3.58. The second-order valence-corrected chi connectivity index (χ2v) is 9.52. The van der Waals surface area contributed by atoms with Crippen molar-refractivity contribution < 1.29 is 8.42 Å². The average Bonchev–Trinajstić information content (AvgIpc) is 2.74. The summed E-state index contributed by atoms with van der Waals surface area (Å²) in [5, 5.41) is 1.06. The van der Waals surface area contributed by atoms with Gasteiger partial charge in [-0.2, -0.15) is 0 Å². The maximum absolute atomic E-state index is 13.0. The number of aromatic nitrogens is 1. The maximum atomic E-state index is 13.0. The molecule has 1 aromatic heterocycles. The van der Waals surface area contributed by atoms with Crippen molar-refractivity contribution in [3.63, 3.8) is 0 Å². The van der Waals surface area contributed by atoms with E-state index in [0.29, 0.717) is 10.8 Å². The number of rotatable bonds is 5. The van der Waals surface area contributed by atoms with E-state index in [1.807, 2.05) is 36.4 Å². The first-order valence-corrected chi connectivity index (χ1v) is 11.4. The Morgan fingerprint density at radius 1 is 0.828 bits per heavy atom. The Kier molecular flexibility index (Phi) is 5.20. The maximum Gasteiger partial charge on any atom is 0.182 e. The number of sulfone groups is 1. The summed E-state index contributed by atoms with van der Waals surface area (Å²) in [5.41, 5.74) is 4.77. The van der Waals surface area contributed by atoms with Gasteiger partial charge in [-0.05, 0) is 52.9 Å². The summed E-state index contributed by atoms with van der Waals surface area (Å²) in [5.74, 6) is 0.312. The summed E-state index contributed by atoms with van der Waals surface area (Å²) < 4.78 is 26.0. The van der Waals surface area contributed by atoms with Gasteiger partial charge in [0.2, 0.25) is 0 Å². The number of benzene rings is 3.